The van der Waals surface area contributed by atoms with Gasteiger partial charge in [-0.25, -0.2) is 0 Å². The molecule has 0 aromatic heterocycles. The summed E-state index contributed by atoms with van der Waals surface area (Å²) < 4.78 is 17.2. The maximum Gasteiger partial charge on any atom is 0.160 e. The van der Waals surface area contributed by atoms with Gasteiger partial charge in [-0.15, -0.1) is 0 Å². The summed E-state index contributed by atoms with van der Waals surface area (Å²) in [7, 11) is 0. The molecular weight excluding hydrogens is 264 g/mol. The Morgan fingerprint density at radius 1 is 1.16 bits per heavy atom. The van der Waals surface area contributed by atoms with Crippen LogP contribution in [0.3, 0.4) is 0 Å². The summed E-state index contributed by atoms with van der Waals surface area (Å²) in [6, 6.07) is 0. The van der Waals surface area contributed by atoms with Crippen molar-refractivity contribution >= 4 is 11.6 Å². The Labute approximate surface area is 121 Å². The summed E-state index contributed by atoms with van der Waals surface area (Å²) in [6.45, 7) is 5.06. The minimum atomic E-state index is -0.00110. The number of ether oxygens (including phenoxy) is 3. The highest BCUT2D eigenvalue weighted by Crippen LogP contribution is 2.34. The summed E-state index contributed by atoms with van der Waals surface area (Å²) in [6.07, 6.45) is 6.84. The van der Waals surface area contributed by atoms with E-state index in [1.165, 1.54) is 25.7 Å². The zero-order valence-corrected chi connectivity index (χ0v) is 12.5. The summed E-state index contributed by atoms with van der Waals surface area (Å²) >= 11 is 5.64. The normalized spacial score (nSPS) is 36.7. The van der Waals surface area contributed by atoms with Crippen molar-refractivity contribution in [3.05, 3.63) is 11.6 Å². The van der Waals surface area contributed by atoms with Crippen molar-refractivity contribution in [3.8, 4) is 0 Å². The molecule has 0 N–H and O–H groups in total. The molecule has 1 aliphatic heterocycles. The number of halogens is 1. The molecule has 2 fully saturated rings. The van der Waals surface area contributed by atoms with Gasteiger partial charge in [0.25, 0.3) is 0 Å². The molecule has 0 aromatic rings. The fourth-order valence-corrected chi connectivity index (χ4v) is 3.13. The lowest BCUT2D eigenvalue weighted by Gasteiger charge is -2.37. The molecule has 1 saturated heterocycles. The van der Waals surface area contributed by atoms with Crippen LogP contribution in [0.5, 0.6) is 0 Å². The molecule has 1 saturated carbocycles. The van der Waals surface area contributed by atoms with Crippen LogP contribution in [0.2, 0.25) is 0 Å². The van der Waals surface area contributed by atoms with Gasteiger partial charge >= 0.3 is 0 Å². The van der Waals surface area contributed by atoms with Crippen molar-refractivity contribution in [2.24, 2.45) is 17.8 Å². The van der Waals surface area contributed by atoms with E-state index in [-0.39, 0.29) is 6.29 Å². The van der Waals surface area contributed by atoms with E-state index < -0.39 is 0 Å². The second kappa shape index (κ2) is 8.25. The van der Waals surface area contributed by atoms with Crippen molar-refractivity contribution in [2.45, 2.75) is 38.9 Å². The maximum absolute atomic E-state index is 5.88. The van der Waals surface area contributed by atoms with Crippen LogP contribution in [0.1, 0.15) is 32.6 Å². The van der Waals surface area contributed by atoms with Gasteiger partial charge in [0, 0.05) is 24.0 Å². The van der Waals surface area contributed by atoms with E-state index in [1.807, 2.05) is 6.92 Å². The van der Waals surface area contributed by atoms with Crippen LogP contribution in [-0.4, -0.2) is 32.7 Å². The highest BCUT2D eigenvalue weighted by molar-refractivity contribution is 6.25. The molecule has 0 aromatic carbocycles. The maximum atomic E-state index is 5.88. The molecule has 0 spiro atoms. The second-order valence-corrected chi connectivity index (χ2v) is 5.81. The molecular formula is C15H25ClO3. The molecule has 0 bridgehead atoms. The van der Waals surface area contributed by atoms with E-state index >= 15 is 0 Å². The van der Waals surface area contributed by atoms with Gasteiger partial charge in [-0.1, -0.05) is 17.7 Å². The topological polar surface area (TPSA) is 27.7 Å². The van der Waals surface area contributed by atoms with Crippen LogP contribution in [0.4, 0.5) is 0 Å². The molecule has 110 valence electrons. The number of allylic oxidation sites excluding steroid dienone is 1. The molecule has 0 atom stereocenters. The van der Waals surface area contributed by atoms with Crippen LogP contribution < -0.4 is 0 Å². The van der Waals surface area contributed by atoms with Crippen LogP contribution in [-0.2, 0) is 14.2 Å². The average molecular weight is 289 g/mol. The summed E-state index contributed by atoms with van der Waals surface area (Å²) in [5.41, 5.74) is 1.65. The molecule has 2 aliphatic rings. The molecule has 1 heterocycles. The summed E-state index contributed by atoms with van der Waals surface area (Å²) in [4.78, 5) is 0. The van der Waals surface area contributed by atoms with Crippen molar-refractivity contribution < 1.29 is 14.2 Å². The first-order valence-corrected chi connectivity index (χ1v) is 7.85. The summed E-state index contributed by atoms with van der Waals surface area (Å²) in [5, 5.41) is 0. The number of rotatable bonds is 5. The van der Waals surface area contributed by atoms with Gasteiger partial charge in [-0.05, 0) is 38.5 Å². The van der Waals surface area contributed by atoms with Gasteiger partial charge in [-0.2, -0.15) is 0 Å². The largest absolute Gasteiger partial charge is 0.381 e. The van der Waals surface area contributed by atoms with Crippen LogP contribution in [0, 0.1) is 17.8 Å². The molecule has 19 heavy (non-hydrogen) atoms. The molecule has 0 unspecified atom stereocenters. The summed E-state index contributed by atoms with van der Waals surface area (Å²) in [5.74, 6) is 1.59. The molecule has 0 amide bonds. The predicted octanol–water partition coefficient (Wildman–Crippen LogP) is 3.57. The van der Waals surface area contributed by atoms with Crippen LogP contribution >= 0.6 is 11.6 Å². The Morgan fingerprint density at radius 3 is 2.42 bits per heavy atom. The standard InChI is InChI=1S/C15H25ClO3/c1-2-17-9-13-10-18-15(19-11-13)14-5-3-12(4-6-14)7-8-16/h7-8,12-15H,2-6,9-11H2,1H3/b8-7+/t12-,13-,14-,15-. The average Bonchev–Trinajstić information content (AvgIpc) is 2.47. The molecule has 4 heteroatoms. The first-order valence-electron chi connectivity index (χ1n) is 7.41. The highest BCUT2D eigenvalue weighted by atomic mass is 35.5. The Kier molecular flexibility index (Phi) is 6.65. The smallest absolute Gasteiger partial charge is 0.160 e. The van der Waals surface area contributed by atoms with Gasteiger partial charge in [0.05, 0.1) is 19.8 Å². The van der Waals surface area contributed by atoms with Gasteiger partial charge in [0.2, 0.25) is 0 Å². The monoisotopic (exact) mass is 288 g/mol. The van der Waals surface area contributed by atoms with E-state index in [4.69, 9.17) is 25.8 Å². The van der Waals surface area contributed by atoms with Crippen molar-refractivity contribution in [1.29, 1.82) is 0 Å². The van der Waals surface area contributed by atoms with Crippen LogP contribution in [0.25, 0.3) is 0 Å². The fourth-order valence-electron chi connectivity index (χ4n) is 2.92. The number of hydrogen-bond acceptors (Lipinski definition) is 3. The van der Waals surface area contributed by atoms with E-state index in [2.05, 4.69) is 6.08 Å². The minimum Gasteiger partial charge on any atom is -0.381 e. The van der Waals surface area contributed by atoms with Gasteiger partial charge in [0.15, 0.2) is 6.29 Å². The zero-order chi connectivity index (χ0) is 13.5. The van der Waals surface area contributed by atoms with Crippen LogP contribution in [0.15, 0.2) is 11.6 Å². The predicted molar refractivity (Wildman–Crippen MR) is 76.1 cm³/mol. The first-order chi connectivity index (χ1) is 9.33. The number of hydrogen-bond donors (Lipinski definition) is 0. The third-order valence-electron chi connectivity index (χ3n) is 4.10. The lowest BCUT2D eigenvalue weighted by atomic mass is 9.81. The van der Waals surface area contributed by atoms with E-state index in [0.29, 0.717) is 17.8 Å². The Bertz CT molecular complexity index is 267. The van der Waals surface area contributed by atoms with E-state index in [0.717, 1.165) is 26.4 Å². The van der Waals surface area contributed by atoms with Gasteiger partial charge in [-0.3, -0.25) is 0 Å². The Morgan fingerprint density at radius 2 is 1.84 bits per heavy atom. The van der Waals surface area contributed by atoms with Gasteiger partial charge in [0.1, 0.15) is 0 Å². The lowest BCUT2D eigenvalue weighted by Crippen LogP contribution is -2.39. The molecule has 0 radical (unpaired) electrons. The Balaban J connectivity index is 1.68. The zero-order valence-electron chi connectivity index (χ0n) is 11.7. The minimum absolute atomic E-state index is 0.00110. The van der Waals surface area contributed by atoms with Crippen molar-refractivity contribution in [1.82, 2.24) is 0 Å². The molecule has 1 aliphatic carbocycles. The Hall–Kier alpha value is -0.0900. The van der Waals surface area contributed by atoms with Gasteiger partial charge < -0.3 is 14.2 Å². The molecule has 3 nitrogen and oxygen atoms in total. The fraction of sp³-hybridized carbons (Fsp3) is 0.867. The quantitative estimate of drug-likeness (QED) is 0.774. The van der Waals surface area contributed by atoms with E-state index in [9.17, 15) is 0 Å². The lowest BCUT2D eigenvalue weighted by molar-refractivity contribution is -0.234. The van der Waals surface area contributed by atoms with Crippen molar-refractivity contribution in [2.75, 3.05) is 26.4 Å². The molecule has 2 rings (SSSR count). The third kappa shape index (κ3) is 4.75. The second-order valence-electron chi connectivity index (χ2n) is 5.55. The SMILES string of the molecule is CCOC[C@H]1CO[C@H]([C@H]2CC[C@H](/C=C/Cl)CC2)OC1. The third-order valence-corrected chi connectivity index (χ3v) is 4.24. The first kappa shape index (κ1) is 15.3. The highest BCUT2D eigenvalue weighted by Gasteiger charge is 2.31. The van der Waals surface area contributed by atoms with E-state index in [1.54, 1.807) is 5.54 Å². The van der Waals surface area contributed by atoms with Crippen molar-refractivity contribution in [3.63, 3.8) is 0 Å².